The molecule has 2 saturated heterocycles. The average molecular weight is 347 g/mol. The Bertz CT molecular complexity index is 700. The summed E-state index contributed by atoms with van der Waals surface area (Å²) >= 11 is 7.46. The van der Waals surface area contributed by atoms with Crippen LogP contribution in [0.4, 0.5) is 0 Å². The van der Waals surface area contributed by atoms with E-state index in [0.29, 0.717) is 6.04 Å². The van der Waals surface area contributed by atoms with Gasteiger partial charge in [-0.1, -0.05) is 23.7 Å². The van der Waals surface area contributed by atoms with Gasteiger partial charge in [-0.3, -0.25) is 4.79 Å². The summed E-state index contributed by atoms with van der Waals surface area (Å²) in [5, 5.41) is 3.95. The molecule has 2 bridgehead atoms. The second kappa shape index (κ2) is 6.27. The molecule has 120 valence electrons. The van der Waals surface area contributed by atoms with Gasteiger partial charge in [-0.05, 0) is 55.1 Å². The van der Waals surface area contributed by atoms with Gasteiger partial charge in [-0.15, -0.1) is 11.3 Å². The van der Waals surface area contributed by atoms with E-state index in [1.165, 1.54) is 30.8 Å². The lowest BCUT2D eigenvalue weighted by atomic mass is 9.97. The maximum atomic E-state index is 12.5. The van der Waals surface area contributed by atoms with Crippen molar-refractivity contribution in [2.45, 2.75) is 18.9 Å². The van der Waals surface area contributed by atoms with E-state index in [1.54, 1.807) is 0 Å². The number of nitrogens with one attached hydrogen (secondary N) is 1. The van der Waals surface area contributed by atoms with E-state index in [1.807, 2.05) is 36.4 Å². The predicted octanol–water partition coefficient (Wildman–Crippen LogP) is 3.89. The van der Waals surface area contributed by atoms with Gasteiger partial charge in [-0.25, -0.2) is 0 Å². The molecule has 2 aromatic rings. The van der Waals surface area contributed by atoms with Gasteiger partial charge in [0, 0.05) is 29.0 Å². The van der Waals surface area contributed by atoms with Crippen LogP contribution in [0, 0.1) is 5.92 Å². The van der Waals surface area contributed by atoms with Crippen molar-refractivity contribution in [2.75, 3.05) is 19.6 Å². The molecular weight excluding hydrogens is 328 g/mol. The van der Waals surface area contributed by atoms with Crippen LogP contribution >= 0.6 is 22.9 Å². The Balaban J connectivity index is 1.44. The third-order valence-corrected chi connectivity index (χ3v) is 6.15. The van der Waals surface area contributed by atoms with Crippen LogP contribution in [0.15, 0.2) is 36.4 Å². The zero-order chi connectivity index (χ0) is 15.8. The first kappa shape index (κ1) is 15.2. The highest BCUT2D eigenvalue weighted by molar-refractivity contribution is 7.17. The average Bonchev–Trinajstić information content (AvgIpc) is 3.15. The molecule has 5 heteroatoms. The molecule has 1 unspecified atom stereocenters. The van der Waals surface area contributed by atoms with E-state index in [0.717, 1.165) is 39.2 Å². The number of fused-ring (bicyclic) bond motifs is 2. The van der Waals surface area contributed by atoms with Crippen LogP contribution in [0.1, 0.15) is 22.5 Å². The highest BCUT2D eigenvalue weighted by Crippen LogP contribution is 2.30. The fourth-order valence-corrected chi connectivity index (χ4v) is 4.69. The minimum atomic E-state index is 0.0581. The molecule has 1 aromatic heterocycles. The standard InChI is InChI=1S/C18H19ClN2OS/c19-14-3-1-13(2-4-14)16-5-6-17(23-16)18(22)20-15-9-12-7-8-21(10-12)11-15/h1-6,12,15H,7-11H2,(H,20,22)/t12-,15+/m1/s1. The zero-order valence-electron chi connectivity index (χ0n) is 12.8. The number of thiophene rings is 1. The lowest BCUT2D eigenvalue weighted by Crippen LogP contribution is -2.46. The van der Waals surface area contributed by atoms with Crippen LogP contribution in [0.25, 0.3) is 10.4 Å². The van der Waals surface area contributed by atoms with E-state index >= 15 is 0 Å². The van der Waals surface area contributed by atoms with Crippen molar-refractivity contribution in [3.8, 4) is 10.4 Å². The number of hydrogen-bond donors (Lipinski definition) is 1. The lowest BCUT2D eigenvalue weighted by molar-refractivity contribution is 0.0913. The van der Waals surface area contributed by atoms with Crippen LogP contribution in [-0.4, -0.2) is 36.5 Å². The van der Waals surface area contributed by atoms with Gasteiger partial charge in [0.1, 0.15) is 0 Å². The normalized spacial score (nSPS) is 26.2. The first-order valence-corrected chi connectivity index (χ1v) is 9.26. The van der Waals surface area contributed by atoms with Crippen LogP contribution < -0.4 is 5.32 Å². The molecule has 0 spiro atoms. The molecule has 2 aliphatic heterocycles. The fraction of sp³-hybridized carbons (Fsp3) is 0.389. The molecule has 1 N–H and O–H groups in total. The van der Waals surface area contributed by atoms with E-state index in [9.17, 15) is 4.79 Å². The van der Waals surface area contributed by atoms with Crippen molar-refractivity contribution in [3.05, 3.63) is 46.3 Å². The first-order chi connectivity index (χ1) is 11.2. The third kappa shape index (κ3) is 3.30. The van der Waals surface area contributed by atoms with Gasteiger partial charge < -0.3 is 10.2 Å². The van der Waals surface area contributed by atoms with Gasteiger partial charge >= 0.3 is 0 Å². The molecule has 1 aromatic carbocycles. The van der Waals surface area contributed by atoms with Gasteiger partial charge in [0.15, 0.2) is 0 Å². The summed E-state index contributed by atoms with van der Waals surface area (Å²) < 4.78 is 0. The zero-order valence-corrected chi connectivity index (χ0v) is 14.4. The summed E-state index contributed by atoms with van der Waals surface area (Å²) in [5.74, 6) is 0.824. The maximum absolute atomic E-state index is 12.5. The Kier molecular flexibility index (Phi) is 4.14. The molecule has 3 atom stereocenters. The number of rotatable bonds is 3. The minimum absolute atomic E-state index is 0.0581. The van der Waals surface area contributed by atoms with E-state index in [4.69, 9.17) is 11.6 Å². The molecule has 0 radical (unpaired) electrons. The monoisotopic (exact) mass is 346 g/mol. The molecule has 2 fully saturated rings. The predicted molar refractivity (Wildman–Crippen MR) is 95.2 cm³/mol. The molecule has 0 saturated carbocycles. The topological polar surface area (TPSA) is 32.3 Å². The van der Waals surface area contributed by atoms with Crippen LogP contribution in [0.2, 0.25) is 5.02 Å². The summed E-state index contributed by atoms with van der Waals surface area (Å²) in [6.07, 6.45) is 2.41. The smallest absolute Gasteiger partial charge is 0.261 e. The molecule has 1 amide bonds. The Morgan fingerprint density at radius 2 is 2.00 bits per heavy atom. The molecule has 2 aliphatic rings. The van der Waals surface area contributed by atoms with E-state index in [2.05, 4.69) is 10.2 Å². The van der Waals surface area contributed by atoms with Crippen molar-refractivity contribution in [3.63, 3.8) is 0 Å². The number of hydrogen-bond acceptors (Lipinski definition) is 3. The minimum Gasteiger partial charge on any atom is -0.347 e. The van der Waals surface area contributed by atoms with Crippen molar-refractivity contribution < 1.29 is 4.79 Å². The largest absolute Gasteiger partial charge is 0.347 e. The number of piperidine rings is 1. The Hall–Kier alpha value is -1.36. The number of carbonyl (C=O) groups excluding carboxylic acids is 1. The highest BCUT2D eigenvalue weighted by Gasteiger charge is 2.33. The maximum Gasteiger partial charge on any atom is 0.261 e. The van der Waals surface area contributed by atoms with Crippen LogP contribution in [0.3, 0.4) is 0 Å². The van der Waals surface area contributed by atoms with Gasteiger partial charge in [0.2, 0.25) is 0 Å². The fourth-order valence-electron chi connectivity index (χ4n) is 3.65. The van der Waals surface area contributed by atoms with E-state index < -0.39 is 0 Å². The lowest BCUT2D eigenvalue weighted by Gasteiger charge is -2.30. The van der Waals surface area contributed by atoms with Crippen molar-refractivity contribution >= 4 is 28.8 Å². The van der Waals surface area contributed by atoms with Crippen molar-refractivity contribution in [2.24, 2.45) is 5.92 Å². The van der Waals surface area contributed by atoms with Crippen LogP contribution in [-0.2, 0) is 0 Å². The Morgan fingerprint density at radius 3 is 2.78 bits per heavy atom. The highest BCUT2D eigenvalue weighted by atomic mass is 35.5. The van der Waals surface area contributed by atoms with Crippen molar-refractivity contribution in [1.29, 1.82) is 0 Å². The Labute approximate surface area is 145 Å². The molecule has 0 aliphatic carbocycles. The molecule has 4 rings (SSSR count). The summed E-state index contributed by atoms with van der Waals surface area (Å²) in [7, 11) is 0. The molecule has 3 heterocycles. The second-order valence-corrected chi connectivity index (χ2v) is 8.01. The van der Waals surface area contributed by atoms with Gasteiger partial charge in [0.25, 0.3) is 5.91 Å². The quantitative estimate of drug-likeness (QED) is 0.914. The first-order valence-electron chi connectivity index (χ1n) is 8.06. The van der Waals surface area contributed by atoms with Gasteiger partial charge in [0.05, 0.1) is 4.88 Å². The van der Waals surface area contributed by atoms with Crippen molar-refractivity contribution in [1.82, 2.24) is 10.2 Å². The van der Waals surface area contributed by atoms with E-state index in [-0.39, 0.29) is 5.91 Å². The number of nitrogens with zero attached hydrogens (tertiary/aromatic N) is 1. The second-order valence-electron chi connectivity index (χ2n) is 6.49. The molecule has 23 heavy (non-hydrogen) atoms. The number of benzene rings is 1. The molecule has 3 nitrogen and oxygen atoms in total. The van der Waals surface area contributed by atoms with Gasteiger partial charge in [-0.2, -0.15) is 0 Å². The third-order valence-electron chi connectivity index (χ3n) is 4.76. The number of carbonyl (C=O) groups is 1. The summed E-state index contributed by atoms with van der Waals surface area (Å²) in [4.78, 5) is 16.8. The Morgan fingerprint density at radius 1 is 1.17 bits per heavy atom. The summed E-state index contributed by atoms with van der Waals surface area (Å²) in [5.41, 5.74) is 1.10. The summed E-state index contributed by atoms with van der Waals surface area (Å²) in [6.45, 7) is 3.40. The SMILES string of the molecule is O=C(N[C@H]1C[C@H]2CCN(C2)C1)c1ccc(-c2ccc(Cl)cc2)s1. The molecular formula is C18H19ClN2OS. The number of amides is 1. The van der Waals surface area contributed by atoms with Crippen LogP contribution in [0.5, 0.6) is 0 Å². The number of halogens is 1. The summed E-state index contributed by atoms with van der Waals surface area (Å²) in [6, 6.07) is 12.0.